The van der Waals surface area contributed by atoms with E-state index in [0.29, 0.717) is 36.3 Å². The van der Waals surface area contributed by atoms with Crippen LogP contribution in [-0.2, 0) is 0 Å². The number of nitrogens with zero attached hydrogens (tertiary/aromatic N) is 1. The Hall–Kier alpha value is -1.75. The zero-order chi connectivity index (χ0) is 16.7. The summed E-state index contributed by atoms with van der Waals surface area (Å²) in [5, 5.41) is 3.27. The molecular formula is C18H28N2O3. The third-order valence-corrected chi connectivity index (χ3v) is 4.07. The van der Waals surface area contributed by atoms with Crippen molar-refractivity contribution in [1.82, 2.24) is 10.2 Å². The van der Waals surface area contributed by atoms with Gasteiger partial charge in [-0.25, -0.2) is 0 Å². The minimum absolute atomic E-state index is 0.0629. The highest BCUT2D eigenvalue weighted by Gasteiger charge is 2.24. The van der Waals surface area contributed by atoms with Gasteiger partial charge in [-0.1, -0.05) is 6.92 Å². The summed E-state index contributed by atoms with van der Waals surface area (Å²) >= 11 is 0. The van der Waals surface area contributed by atoms with Crippen molar-refractivity contribution >= 4 is 5.91 Å². The Labute approximate surface area is 139 Å². The highest BCUT2D eigenvalue weighted by Crippen LogP contribution is 2.29. The number of piperidine rings is 1. The number of likely N-dealkylation sites (N-methyl/N-ethyl adjacent to an activating group) is 1. The standard InChI is InChI=1S/C18H28N2O3/c1-4-11-23-16-9-8-14(12-17(16)22-5-2)18(21)20-10-6-7-15(13-20)19-3/h8-9,12,15,19H,4-7,10-11,13H2,1-3H3. The summed E-state index contributed by atoms with van der Waals surface area (Å²) in [5.41, 5.74) is 0.661. The Kier molecular flexibility index (Phi) is 6.71. The van der Waals surface area contributed by atoms with Crippen LogP contribution in [0.4, 0.5) is 0 Å². The van der Waals surface area contributed by atoms with Crippen LogP contribution in [0.1, 0.15) is 43.5 Å². The van der Waals surface area contributed by atoms with Crippen molar-refractivity contribution in [3.05, 3.63) is 23.8 Å². The van der Waals surface area contributed by atoms with E-state index in [-0.39, 0.29) is 5.91 Å². The number of amides is 1. The van der Waals surface area contributed by atoms with Crippen molar-refractivity contribution in [2.75, 3.05) is 33.4 Å². The highest BCUT2D eigenvalue weighted by molar-refractivity contribution is 5.95. The summed E-state index contributed by atoms with van der Waals surface area (Å²) in [6.07, 6.45) is 3.09. The maximum absolute atomic E-state index is 12.7. The van der Waals surface area contributed by atoms with Crippen molar-refractivity contribution in [1.29, 1.82) is 0 Å². The zero-order valence-corrected chi connectivity index (χ0v) is 14.4. The van der Waals surface area contributed by atoms with E-state index in [1.165, 1.54) is 0 Å². The van der Waals surface area contributed by atoms with Crippen molar-refractivity contribution < 1.29 is 14.3 Å². The molecular weight excluding hydrogens is 292 g/mol. The zero-order valence-electron chi connectivity index (χ0n) is 14.4. The SMILES string of the molecule is CCCOc1ccc(C(=O)N2CCCC(NC)C2)cc1OCC. The smallest absolute Gasteiger partial charge is 0.254 e. The summed E-state index contributed by atoms with van der Waals surface area (Å²) in [7, 11) is 1.95. The van der Waals surface area contributed by atoms with E-state index >= 15 is 0 Å². The largest absolute Gasteiger partial charge is 0.490 e. The predicted molar refractivity (Wildman–Crippen MR) is 91.4 cm³/mol. The van der Waals surface area contributed by atoms with E-state index < -0.39 is 0 Å². The third kappa shape index (κ3) is 4.61. The molecule has 0 spiro atoms. The molecule has 0 aliphatic carbocycles. The van der Waals surface area contributed by atoms with Crippen LogP contribution < -0.4 is 14.8 Å². The number of ether oxygens (including phenoxy) is 2. The molecule has 1 fully saturated rings. The van der Waals surface area contributed by atoms with Crippen molar-refractivity contribution in [2.45, 2.75) is 39.2 Å². The molecule has 0 aromatic heterocycles. The number of rotatable bonds is 7. The molecule has 1 aliphatic rings. The van der Waals surface area contributed by atoms with E-state index in [1.807, 2.05) is 31.0 Å². The van der Waals surface area contributed by atoms with Gasteiger partial charge in [0.05, 0.1) is 13.2 Å². The molecule has 0 saturated carbocycles. The number of benzene rings is 1. The lowest BCUT2D eigenvalue weighted by atomic mass is 10.0. The van der Waals surface area contributed by atoms with Crippen LogP contribution in [0, 0.1) is 0 Å². The molecule has 1 unspecified atom stereocenters. The van der Waals surface area contributed by atoms with Gasteiger partial charge in [0.15, 0.2) is 11.5 Å². The predicted octanol–water partition coefficient (Wildman–Crippen LogP) is 2.70. The van der Waals surface area contributed by atoms with Crippen LogP contribution in [0.25, 0.3) is 0 Å². The van der Waals surface area contributed by atoms with Crippen LogP contribution in [-0.4, -0.2) is 50.2 Å². The number of nitrogens with one attached hydrogen (secondary N) is 1. The quantitative estimate of drug-likeness (QED) is 0.839. The van der Waals surface area contributed by atoms with Gasteiger partial charge in [-0.3, -0.25) is 4.79 Å². The molecule has 128 valence electrons. The van der Waals surface area contributed by atoms with Crippen LogP contribution >= 0.6 is 0 Å². The Bertz CT molecular complexity index is 519. The monoisotopic (exact) mass is 320 g/mol. The second-order valence-corrected chi connectivity index (χ2v) is 5.82. The van der Waals surface area contributed by atoms with Crippen LogP contribution in [0.3, 0.4) is 0 Å². The first-order chi connectivity index (χ1) is 11.2. The van der Waals surface area contributed by atoms with E-state index in [1.54, 1.807) is 6.07 Å². The molecule has 0 radical (unpaired) electrons. The molecule has 0 bridgehead atoms. The Morgan fingerprint density at radius 2 is 2.13 bits per heavy atom. The molecule has 1 atom stereocenters. The molecule has 1 heterocycles. The Balaban J connectivity index is 2.14. The summed E-state index contributed by atoms with van der Waals surface area (Å²) in [6, 6.07) is 5.86. The summed E-state index contributed by atoms with van der Waals surface area (Å²) < 4.78 is 11.3. The third-order valence-electron chi connectivity index (χ3n) is 4.07. The molecule has 2 rings (SSSR count). The van der Waals surface area contributed by atoms with Gasteiger partial charge in [-0.15, -0.1) is 0 Å². The fraction of sp³-hybridized carbons (Fsp3) is 0.611. The summed E-state index contributed by atoms with van der Waals surface area (Å²) in [5.74, 6) is 1.42. The molecule has 1 N–H and O–H groups in total. The Morgan fingerprint density at radius 3 is 2.83 bits per heavy atom. The lowest BCUT2D eigenvalue weighted by Gasteiger charge is -2.32. The van der Waals surface area contributed by atoms with Crippen molar-refractivity contribution in [3.63, 3.8) is 0 Å². The average molecular weight is 320 g/mol. The van der Waals surface area contributed by atoms with Gasteiger partial charge in [0.25, 0.3) is 5.91 Å². The minimum atomic E-state index is 0.0629. The number of hydrogen-bond donors (Lipinski definition) is 1. The van der Waals surface area contributed by atoms with Gasteiger partial charge >= 0.3 is 0 Å². The van der Waals surface area contributed by atoms with Gasteiger partial charge in [-0.2, -0.15) is 0 Å². The second-order valence-electron chi connectivity index (χ2n) is 5.82. The van der Waals surface area contributed by atoms with Crippen LogP contribution in [0.2, 0.25) is 0 Å². The normalized spacial score (nSPS) is 17.9. The molecule has 5 nitrogen and oxygen atoms in total. The average Bonchev–Trinajstić information content (AvgIpc) is 2.60. The van der Waals surface area contributed by atoms with Gasteiger partial charge in [0.1, 0.15) is 0 Å². The number of carbonyl (C=O) groups excluding carboxylic acids is 1. The van der Waals surface area contributed by atoms with Gasteiger partial charge < -0.3 is 19.7 Å². The van der Waals surface area contributed by atoms with Gasteiger partial charge in [0, 0.05) is 24.7 Å². The number of carbonyl (C=O) groups is 1. The Morgan fingerprint density at radius 1 is 1.30 bits per heavy atom. The van der Waals surface area contributed by atoms with E-state index in [4.69, 9.17) is 9.47 Å². The first kappa shape index (κ1) is 17.6. The molecule has 1 aliphatic heterocycles. The maximum atomic E-state index is 12.7. The lowest BCUT2D eigenvalue weighted by Crippen LogP contribution is -2.46. The van der Waals surface area contributed by atoms with Crippen LogP contribution in [0.15, 0.2) is 18.2 Å². The fourth-order valence-electron chi connectivity index (χ4n) is 2.82. The molecule has 1 aromatic carbocycles. The van der Waals surface area contributed by atoms with E-state index in [2.05, 4.69) is 12.2 Å². The van der Waals surface area contributed by atoms with E-state index in [9.17, 15) is 4.79 Å². The molecule has 1 amide bonds. The van der Waals surface area contributed by atoms with E-state index in [0.717, 1.165) is 32.4 Å². The second kappa shape index (κ2) is 8.77. The first-order valence-corrected chi connectivity index (χ1v) is 8.55. The minimum Gasteiger partial charge on any atom is -0.490 e. The van der Waals surface area contributed by atoms with Gasteiger partial charge in [0.2, 0.25) is 0 Å². The molecule has 23 heavy (non-hydrogen) atoms. The molecule has 5 heteroatoms. The van der Waals surface area contributed by atoms with Crippen molar-refractivity contribution in [2.24, 2.45) is 0 Å². The number of likely N-dealkylation sites (tertiary alicyclic amines) is 1. The fourth-order valence-corrected chi connectivity index (χ4v) is 2.82. The molecule has 1 saturated heterocycles. The topological polar surface area (TPSA) is 50.8 Å². The maximum Gasteiger partial charge on any atom is 0.254 e. The van der Waals surface area contributed by atoms with Crippen LogP contribution in [0.5, 0.6) is 11.5 Å². The molecule has 1 aromatic rings. The summed E-state index contributed by atoms with van der Waals surface area (Å²) in [6.45, 7) is 6.75. The van der Waals surface area contributed by atoms with Crippen molar-refractivity contribution in [3.8, 4) is 11.5 Å². The summed E-state index contributed by atoms with van der Waals surface area (Å²) in [4.78, 5) is 14.7. The lowest BCUT2D eigenvalue weighted by molar-refractivity contribution is 0.0697. The highest BCUT2D eigenvalue weighted by atomic mass is 16.5. The number of hydrogen-bond acceptors (Lipinski definition) is 4. The van der Waals surface area contributed by atoms with Gasteiger partial charge in [-0.05, 0) is 51.4 Å². The first-order valence-electron chi connectivity index (χ1n) is 8.55.